The predicted molar refractivity (Wildman–Crippen MR) is 84.4 cm³/mol. The van der Waals surface area contributed by atoms with Gasteiger partial charge in [0.15, 0.2) is 0 Å². The number of unbranched alkanes of at least 4 members (excludes halogenated alkanes) is 4. The van der Waals surface area contributed by atoms with E-state index in [1.807, 2.05) is 0 Å². The highest BCUT2D eigenvalue weighted by Gasteiger charge is 2.24. The molecule has 0 rings (SSSR count). The van der Waals surface area contributed by atoms with Crippen molar-refractivity contribution in [2.45, 2.75) is 79.1 Å². The highest BCUT2D eigenvalue weighted by molar-refractivity contribution is 5.20. The van der Waals surface area contributed by atoms with Gasteiger partial charge in [0.2, 0.25) is 0 Å². The molecule has 0 amide bonds. The fourth-order valence-corrected chi connectivity index (χ4v) is 2.64. The zero-order chi connectivity index (χ0) is 15.7. The summed E-state index contributed by atoms with van der Waals surface area (Å²) in [5, 5.41) is 0. The Morgan fingerprint density at radius 2 is 0.810 bits per heavy atom. The van der Waals surface area contributed by atoms with E-state index in [9.17, 15) is 0 Å². The number of hydrogen-bond acceptors (Lipinski definition) is 2. The lowest BCUT2D eigenvalue weighted by molar-refractivity contribution is -0.929. The second-order valence-corrected chi connectivity index (χ2v) is 5.73. The van der Waals surface area contributed by atoms with E-state index >= 15 is 0 Å². The predicted octanol–water partition coefficient (Wildman–Crippen LogP) is 1.42. The summed E-state index contributed by atoms with van der Waals surface area (Å²) in [7, 11) is 0. The van der Waals surface area contributed by atoms with Crippen molar-refractivity contribution in [3.8, 4) is 0 Å². The normalized spacial score (nSPS) is 10.1. The van der Waals surface area contributed by atoms with Crippen molar-refractivity contribution < 1.29 is 31.1 Å². The number of hydrogen-bond donors (Lipinski definition) is 0. The molecule has 0 aromatic heterocycles. The van der Waals surface area contributed by atoms with Crippen molar-refractivity contribution in [3.63, 3.8) is 0 Å². The van der Waals surface area contributed by atoms with E-state index in [0.29, 0.717) is 0 Å². The van der Waals surface area contributed by atoms with E-state index in [0.717, 1.165) is 0 Å². The molecule has 128 valence electrons. The molecule has 0 bridgehead atoms. The van der Waals surface area contributed by atoms with Crippen molar-refractivity contribution in [1.82, 2.24) is 0 Å². The number of quaternary nitrogens is 1. The second-order valence-electron chi connectivity index (χ2n) is 5.73. The SMILES string of the molecule is CCCC[N+](CCCC)(CCCC)CCCC.O=C=O.[Br-]. The van der Waals surface area contributed by atoms with E-state index in [-0.39, 0.29) is 23.1 Å². The van der Waals surface area contributed by atoms with Gasteiger partial charge in [0.05, 0.1) is 26.2 Å². The Bertz CT molecular complexity index is 191. The third kappa shape index (κ3) is 16.0. The van der Waals surface area contributed by atoms with Crippen LogP contribution in [0.1, 0.15) is 79.1 Å². The molecule has 0 aliphatic carbocycles. The molecule has 0 saturated carbocycles. The number of rotatable bonds is 12. The first-order chi connectivity index (χ1) is 9.66. The van der Waals surface area contributed by atoms with Crippen LogP contribution in [-0.4, -0.2) is 36.8 Å². The summed E-state index contributed by atoms with van der Waals surface area (Å²) in [5.41, 5.74) is 0. The summed E-state index contributed by atoms with van der Waals surface area (Å²) in [6.45, 7) is 15.0. The van der Waals surface area contributed by atoms with Crippen molar-refractivity contribution >= 4 is 6.15 Å². The van der Waals surface area contributed by atoms with Gasteiger partial charge >= 0.3 is 6.15 Å². The monoisotopic (exact) mass is 365 g/mol. The van der Waals surface area contributed by atoms with Crippen LogP contribution in [0.3, 0.4) is 0 Å². The maximum atomic E-state index is 8.12. The first kappa shape index (κ1) is 25.8. The van der Waals surface area contributed by atoms with Crippen LogP contribution in [0, 0.1) is 0 Å². The van der Waals surface area contributed by atoms with Gasteiger partial charge in [0.1, 0.15) is 0 Å². The minimum absolute atomic E-state index is 0. The molecule has 0 aromatic rings. The summed E-state index contributed by atoms with van der Waals surface area (Å²) in [5.74, 6) is 0. The lowest BCUT2D eigenvalue weighted by Crippen LogP contribution is -3.00. The molecule has 4 heteroatoms. The third-order valence-corrected chi connectivity index (χ3v) is 3.94. The van der Waals surface area contributed by atoms with E-state index < -0.39 is 0 Å². The zero-order valence-electron chi connectivity index (χ0n) is 14.6. The van der Waals surface area contributed by atoms with Crippen molar-refractivity contribution in [1.29, 1.82) is 0 Å². The molecule has 3 nitrogen and oxygen atoms in total. The van der Waals surface area contributed by atoms with Crippen LogP contribution in [0.4, 0.5) is 0 Å². The van der Waals surface area contributed by atoms with E-state index in [4.69, 9.17) is 9.59 Å². The van der Waals surface area contributed by atoms with Gasteiger partial charge in [-0.15, -0.1) is 0 Å². The van der Waals surface area contributed by atoms with Gasteiger partial charge in [-0.3, -0.25) is 0 Å². The lowest BCUT2D eigenvalue weighted by atomic mass is 10.1. The molecule has 0 radical (unpaired) electrons. The molecule has 0 spiro atoms. The summed E-state index contributed by atoms with van der Waals surface area (Å²) in [4.78, 5) is 16.2. The van der Waals surface area contributed by atoms with Gasteiger partial charge in [-0.25, -0.2) is 0 Å². The van der Waals surface area contributed by atoms with Gasteiger partial charge in [-0.05, 0) is 25.7 Å². The standard InChI is InChI=1S/C16H36N.CO2.BrH/c1-5-9-13-17(14-10-6-2,15-11-7-3)16-12-8-4;2-1-3;/h5-16H2,1-4H3;;1H/q+1;;/p-1. The van der Waals surface area contributed by atoms with E-state index in [2.05, 4.69) is 27.7 Å². The van der Waals surface area contributed by atoms with Crippen LogP contribution in [0.25, 0.3) is 0 Å². The van der Waals surface area contributed by atoms with Gasteiger partial charge in [-0.1, -0.05) is 53.4 Å². The summed E-state index contributed by atoms with van der Waals surface area (Å²) >= 11 is 0. The number of carbonyl (C=O) groups excluding carboxylic acids is 2. The molecule has 0 aromatic carbocycles. The summed E-state index contributed by atoms with van der Waals surface area (Å²) in [6, 6.07) is 0. The highest BCUT2D eigenvalue weighted by atomic mass is 79.9. The Kier molecular flexibility index (Phi) is 24.3. The van der Waals surface area contributed by atoms with Crippen molar-refractivity contribution in [3.05, 3.63) is 0 Å². The molecule has 21 heavy (non-hydrogen) atoms. The lowest BCUT2D eigenvalue weighted by Gasteiger charge is -2.39. The minimum Gasteiger partial charge on any atom is -1.00 e. The average Bonchev–Trinajstić information content (AvgIpc) is 2.46. The summed E-state index contributed by atoms with van der Waals surface area (Å²) in [6.07, 6.45) is 11.3. The van der Waals surface area contributed by atoms with Crippen LogP contribution in [0.2, 0.25) is 0 Å². The quantitative estimate of drug-likeness (QED) is 0.490. The van der Waals surface area contributed by atoms with Crippen LogP contribution in [0.5, 0.6) is 0 Å². The molecule has 0 heterocycles. The Morgan fingerprint density at radius 3 is 0.952 bits per heavy atom. The van der Waals surface area contributed by atoms with Crippen LogP contribution >= 0.6 is 0 Å². The fourth-order valence-electron chi connectivity index (χ4n) is 2.64. The molecule has 0 saturated heterocycles. The topological polar surface area (TPSA) is 34.1 Å². The van der Waals surface area contributed by atoms with E-state index in [1.54, 1.807) is 0 Å². The zero-order valence-corrected chi connectivity index (χ0v) is 16.2. The first-order valence-corrected chi connectivity index (χ1v) is 8.50. The largest absolute Gasteiger partial charge is 1.00 e. The molecule has 0 unspecified atom stereocenters. The van der Waals surface area contributed by atoms with Gasteiger partial charge < -0.3 is 21.5 Å². The Balaban J connectivity index is -0.000000740. The Morgan fingerprint density at radius 1 is 0.619 bits per heavy atom. The van der Waals surface area contributed by atoms with Crippen molar-refractivity contribution in [2.24, 2.45) is 0 Å². The number of halogens is 1. The first-order valence-electron chi connectivity index (χ1n) is 8.50. The van der Waals surface area contributed by atoms with Crippen LogP contribution in [0.15, 0.2) is 0 Å². The van der Waals surface area contributed by atoms with Gasteiger partial charge in [0, 0.05) is 0 Å². The summed E-state index contributed by atoms with van der Waals surface area (Å²) < 4.78 is 1.42. The van der Waals surface area contributed by atoms with Crippen LogP contribution < -0.4 is 17.0 Å². The Hall–Kier alpha value is -0.180. The molecular weight excluding hydrogens is 330 g/mol. The van der Waals surface area contributed by atoms with Gasteiger partial charge in [-0.2, -0.15) is 9.59 Å². The average molecular weight is 366 g/mol. The van der Waals surface area contributed by atoms with Gasteiger partial charge in [0.25, 0.3) is 0 Å². The second kappa shape index (κ2) is 19.8. The fraction of sp³-hybridized carbons (Fsp3) is 0.941. The van der Waals surface area contributed by atoms with Crippen LogP contribution in [-0.2, 0) is 9.59 Å². The molecule has 0 N–H and O–H groups in total. The molecule has 0 atom stereocenters. The molecule has 0 aliphatic heterocycles. The molecule has 0 fully saturated rings. The maximum Gasteiger partial charge on any atom is 0.373 e. The highest BCUT2D eigenvalue weighted by Crippen LogP contribution is 2.16. The maximum absolute atomic E-state index is 8.12. The van der Waals surface area contributed by atoms with Crippen molar-refractivity contribution in [2.75, 3.05) is 26.2 Å². The number of nitrogens with zero attached hydrogens (tertiary/aromatic N) is 1. The molecular formula is C17H36BrNO2. The minimum atomic E-state index is 0. The Labute approximate surface area is 142 Å². The molecule has 0 aliphatic rings. The third-order valence-electron chi connectivity index (χ3n) is 3.94. The van der Waals surface area contributed by atoms with E-state index in [1.165, 1.54) is 82.0 Å². The smallest absolute Gasteiger partial charge is 0.373 e.